The van der Waals surface area contributed by atoms with Gasteiger partial charge in [-0.2, -0.15) is 0 Å². The molecule has 3 heterocycles. The number of fused-ring (bicyclic) bond motifs is 3. The van der Waals surface area contributed by atoms with Crippen molar-refractivity contribution in [1.29, 1.82) is 0 Å². The van der Waals surface area contributed by atoms with Crippen molar-refractivity contribution in [2.24, 2.45) is 11.5 Å². The molecule has 48 heavy (non-hydrogen) atoms. The first-order chi connectivity index (χ1) is 21.9. The monoisotopic (exact) mass is 676 g/mol. The normalized spacial score (nSPS) is 12.2. The Kier molecular flexibility index (Phi) is 27.3. The lowest BCUT2D eigenvalue weighted by Gasteiger charge is -2.07. The van der Waals surface area contributed by atoms with Crippen LogP contribution in [-0.4, -0.2) is 44.4 Å². The molecule has 1 amide bonds. The highest BCUT2D eigenvalue weighted by molar-refractivity contribution is 5.74. The summed E-state index contributed by atoms with van der Waals surface area (Å²) in [6, 6.07) is 22.2. The maximum absolute atomic E-state index is 10.9. The predicted octanol–water partition coefficient (Wildman–Crippen LogP) is 8.13. The van der Waals surface area contributed by atoms with Crippen LogP contribution in [0.3, 0.4) is 0 Å². The van der Waals surface area contributed by atoms with Gasteiger partial charge in [-0.1, -0.05) is 100 Å². The van der Waals surface area contributed by atoms with E-state index in [1.54, 1.807) is 24.3 Å². The third-order valence-electron chi connectivity index (χ3n) is 5.43. The summed E-state index contributed by atoms with van der Waals surface area (Å²) in [6.45, 7) is 12.6. The molecule has 3 aliphatic heterocycles. The van der Waals surface area contributed by atoms with Gasteiger partial charge in [-0.05, 0) is 42.9 Å². The lowest BCUT2D eigenvalue weighted by atomic mass is 10.3. The Bertz CT molecular complexity index is 1200. The number of rotatable bonds is 6. The number of primary amides is 1. The van der Waals surface area contributed by atoms with Gasteiger partial charge in [0.25, 0.3) is 6.29 Å². The first kappa shape index (κ1) is 47.8. The molecule has 4 N–H and O–H groups in total. The third-order valence-corrected chi connectivity index (χ3v) is 5.43. The Morgan fingerprint density at radius 1 is 0.562 bits per heavy atom. The minimum Gasteiger partial charge on any atom is -0.469 e. The number of esters is 1. The van der Waals surface area contributed by atoms with E-state index in [4.69, 9.17) is 39.9 Å². The summed E-state index contributed by atoms with van der Waals surface area (Å²) in [5.74, 6) is 3.51. The van der Waals surface area contributed by atoms with Crippen LogP contribution < -0.4 is 39.9 Å². The van der Waals surface area contributed by atoms with Gasteiger partial charge in [0.2, 0.25) is 18.5 Å². The summed E-state index contributed by atoms with van der Waals surface area (Å²) in [4.78, 5) is 21.5. The Morgan fingerprint density at radius 2 is 0.833 bits per heavy atom. The van der Waals surface area contributed by atoms with Crippen LogP contribution in [0.25, 0.3) is 0 Å². The summed E-state index contributed by atoms with van der Waals surface area (Å²) < 4.78 is 36.7. The molecule has 11 heteroatoms. The van der Waals surface area contributed by atoms with Crippen molar-refractivity contribution in [3.05, 3.63) is 72.8 Å². The smallest absolute Gasteiger partial charge is 0.313 e. The van der Waals surface area contributed by atoms with Crippen molar-refractivity contribution >= 4 is 11.9 Å². The Labute approximate surface area is 288 Å². The minimum absolute atomic E-state index is 0. The molecule has 0 atom stereocenters. The van der Waals surface area contributed by atoms with Crippen molar-refractivity contribution in [3.63, 3.8) is 0 Å². The van der Waals surface area contributed by atoms with E-state index in [0.717, 1.165) is 17.9 Å². The number of hydrogen-bond acceptors (Lipinski definition) is 10. The van der Waals surface area contributed by atoms with E-state index in [0.29, 0.717) is 29.5 Å². The molecular formula is C37H60N2O9. The van der Waals surface area contributed by atoms with E-state index in [1.165, 1.54) is 7.11 Å². The lowest BCUT2D eigenvalue weighted by molar-refractivity contribution is -0.145. The van der Waals surface area contributed by atoms with Gasteiger partial charge in [0.1, 0.15) is 12.8 Å². The second kappa shape index (κ2) is 27.5. The van der Waals surface area contributed by atoms with Crippen LogP contribution in [0.2, 0.25) is 0 Å². The average Bonchev–Trinajstić information content (AvgIpc) is 3.80. The molecule has 3 aromatic carbocycles. The molecule has 272 valence electrons. The number of ether oxygens (including phenoxy) is 7. The van der Waals surface area contributed by atoms with E-state index in [1.807, 2.05) is 90.1 Å². The number of hydrogen-bond donors (Lipinski definition) is 2. The van der Waals surface area contributed by atoms with Crippen molar-refractivity contribution in [3.8, 4) is 34.5 Å². The number of carbonyl (C=O) groups excluding carboxylic acids is 2. The minimum atomic E-state index is -0.560. The summed E-state index contributed by atoms with van der Waals surface area (Å²) in [5.41, 5.74) is 10.4. The molecule has 6 rings (SSSR count). The third kappa shape index (κ3) is 15.8. The van der Waals surface area contributed by atoms with E-state index in [-0.39, 0.29) is 47.4 Å². The first-order valence-corrected chi connectivity index (χ1v) is 15.3. The van der Waals surface area contributed by atoms with Crippen LogP contribution in [0.1, 0.15) is 83.1 Å². The molecule has 11 nitrogen and oxygen atoms in total. The maximum atomic E-state index is 10.9. The second-order valence-electron chi connectivity index (χ2n) is 8.36. The van der Waals surface area contributed by atoms with Crippen molar-refractivity contribution in [2.45, 2.75) is 102 Å². The van der Waals surface area contributed by atoms with Crippen LogP contribution in [0, 0.1) is 0 Å². The molecule has 0 fully saturated rings. The topological polar surface area (TPSA) is 151 Å². The second-order valence-corrected chi connectivity index (χ2v) is 8.36. The predicted molar refractivity (Wildman–Crippen MR) is 193 cm³/mol. The first-order valence-electron chi connectivity index (χ1n) is 15.3. The van der Waals surface area contributed by atoms with Crippen LogP contribution in [0.15, 0.2) is 72.8 Å². The van der Waals surface area contributed by atoms with Gasteiger partial charge in [0.05, 0.1) is 7.11 Å². The zero-order chi connectivity index (χ0) is 33.6. The zero-order valence-corrected chi connectivity index (χ0v) is 27.3. The van der Waals surface area contributed by atoms with E-state index in [9.17, 15) is 9.59 Å². The summed E-state index contributed by atoms with van der Waals surface area (Å²) in [6.07, 6.45) is -0.392. The number of methoxy groups -OCH3 is 1. The number of nitrogens with two attached hydrogens (primary N) is 2. The van der Waals surface area contributed by atoms with Crippen LogP contribution in [-0.2, 0) is 14.3 Å². The molecule has 3 aromatic rings. The number of carbonyl (C=O) groups is 2. The molecule has 0 spiro atoms. The van der Waals surface area contributed by atoms with Crippen molar-refractivity contribution in [2.75, 3.05) is 13.7 Å². The highest BCUT2D eigenvalue weighted by Gasteiger charge is 2.27. The Balaban J connectivity index is -0.000000570. The number of benzene rings is 3. The summed E-state index contributed by atoms with van der Waals surface area (Å²) in [7, 11) is 1.34. The van der Waals surface area contributed by atoms with Gasteiger partial charge in [-0.25, -0.2) is 0 Å². The van der Waals surface area contributed by atoms with Gasteiger partial charge >= 0.3 is 5.97 Å². The van der Waals surface area contributed by atoms with Crippen LogP contribution in [0.5, 0.6) is 34.5 Å². The zero-order valence-electron chi connectivity index (χ0n) is 27.3. The van der Waals surface area contributed by atoms with Crippen molar-refractivity contribution in [1.82, 2.24) is 0 Å². The van der Waals surface area contributed by atoms with E-state index >= 15 is 0 Å². The lowest BCUT2D eigenvalue weighted by Crippen LogP contribution is -2.26. The number of amides is 1. The van der Waals surface area contributed by atoms with Gasteiger partial charge < -0.3 is 44.6 Å². The van der Waals surface area contributed by atoms with Gasteiger partial charge in [0.15, 0.2) is 34.5 Å². The van der Waals surface area contributed by atoms with E-state index < -0.39 is 18.5 Å². The molecule has 0 bridgehead atoms. The highest BCUT2D eigenvalue weighted by Crippen LogP contribution is 2.36. The van der Waals surface area contributed by atoms with Gasteiger partial charge in [-0.3, -0.25) is 9.59 Å². The summed E-state index contributed by atoms with van der Waals surface area (Å²) >= 11 is 0. The molecular weight excluding hydrogens is 616 g/mol. The van der Waals surface area contributed by atoms with E-state index in [2.05, 4.69) is 4.74 Å². The standard InChI is InChI=1S/C10H10O4.C9H9NO3.C9H11NO2.3C2H6.3CH4/c1-12-9(11)6-10-13-7-4-2-3-5-8(7)14-10;10-8(11)5-9-12-6-3-1-2-4-7(6)13-9;10-6-5-9-11-7-3-1-2-4-8(7)12-9;3*1-2;;;/h2-5,10H,6H2,1H3;1-4,9H,5H2,(H2,10,11);1-4,9H,5-6,10H2;3*1-2H3;3*1H4. The summed E-state index contributed by atoms with van der Waals surface area (Å²) in [5, 5.41) is 0. The fourth-order valence-electron chi connectivity index (χ4n) is 3.66. The quantitative estimate of drug-likeness (QED) is 0.245. The van der Waals surface area contributed by atoms with Crippen LogP contribution >= 0.6 is 0 Å². The molecule has 3 aliphatic rings. The molecule has 0 radical (unpaired) electrons. The maximum Gasteiger partial charge on any atom is 0.313 e. The molecule has 0 aromatic heterocycles. The molecule has 0 saturated heterocycles. The number of para-hydroxylation sites is 6. The molecule has 0 aliphatic carbocycles. The fraction of sp³-hybridized carbons (Fsp3) is 0.459. The van der Waals surface area contributed by atoms with Crippen molar-refractivity contribution < 1.29 is 42.7 Å². The van der Waals surface area contributed by atoms with Gasteiger partial charge in [-0.15, -0.1) is 0 Å². The average molecular weight is 677 g/mol. The largest absolute Gasteiger partial charge is 0.469 e. The fourth-order valence-corrected chi connectivity index (χ4v) is 3.66. The highest BCUT2D eigenvalue weighted by atomic mass is 16.7. The van der Waals surface area contributed by atoms with Crippen LogP contribution in [0.4, 0.5) is 0 Å². The Hall–Kier alpha value is -4.64. The van der Waals surface area contributed by atoms with Gasteiger partial charge in [0, 0.05) is 6.42 Å². The molecule has 0 saturated carbocycles. The molecule has 0 unspecified atom stereocenters. The Morgan fingerprint density at radius 3 is 1.08 bits per heavy atom. The SMILES string of the molecule is C.C.C.CC.CC.CC.COC(=O)CC1Oc2ccccc2O1.NC(=O)CC1Oc2ccccc2O1.NCCC1Oc2ccccc2O1.